The van der Waals surface area contributed by atoms with Crippen molar-refractivity contribution in [1.82, 2.24) is 5.32 Å². The molecule has 2 heterocycles. The molecule has 2 fully saturated rings. The van der Waals surface area contributed by atoms with Crippen LogP contribution in [-0.4, -0.2) is 30.4 Å². The van der Waals surface area contributed by atoms with Crippen molar-refractivity contribution in [3.8, 4) is 6.07 Å². The first-order chi connectivity index (χ1) is 9.51. The summed E-state index contributed by atoms with van der Waals surface area (Å²) in [6.07, 6.45) is 0.511. The summed E-state index contributed by atoms with van der Waals surface area (Å²) >= 11 is 0. The Balaban J connectivity index is 1.99. The predicted molar refractivity (Wildman–Crippen MR) is 65.7 cm³/mol. The Morgan fingerprint density at radius 3 is 2.50 bits per heavy atom. The van der Waals surface area contributed by atoms with E-state index in [1.165, 1.54) is 0 Å². The fourth-order valence-corrected chi connectivity index (χ4v) is 3.13. The first-order valence-electron chi connectivity index (χ1n) is 6.47. The molecule has 1 aromatic carbocycles. The monoisotopic (exact) mass is 280 g/mol. The molecule has 20 heavy (non-hydrogen) atoms. The van der Waals surface area contributed by atoms with Gasteiger partial charge in [-0.15, -0.1) is 0 Å². The Hall–Kier alpha value is -1.55. The molecule has 0 radical (unpaired) electrons. The molecular formula is C14H14F2N2O2. The van der Waals surface area contributed by atoms with Gasteiger partial charge in [-0.25, -0.2) is 8.78 Å². The zero-order chi connectivity index (χ0) is 14.3. The highest BCUT2D eigenvalue weighted by atomic mass is 19.1. The van der Waals surface area contributed by atoms with E-state index in [0.717, 1.165) is 12.1 Å². The highest BCUT2D eigenvalue weighted by molar-refractivity contribution is 5.37. The Morgan fingerprint density at radius 2 is 1.90 bits per heavy atom. The van der Waals surface area contributed by atoms with Gasteiger partial charge in [0, 0.05) is 17.6 Å². The summed E-state index contributed by atoms with van der Waals surface area (Å²) in [5, 5.41) is 22.7. The van der Waals surface area contributed by atoms with E-state index < -0.39 is 17.2 Å². The van der Waals surface area contributed by atoms with E-state index in [2.05, 4.69) is 5.32 Å². The Labute approximate surface area is 115 Å². The fraction of sp³-hybridized carbons (Fsp3) is 0.500. The van der Waals surface area contributed by atoms with Crippen LogP contribution >= 0.6 is 0 Å². The number of morpholine rings is 1. The minimum atomic E-state index is -1.43. The molecule has 2 N–H and O–H groups in total. The number of ether oxygens (including phenoxy) is 1. The van der Waals surface area contributed by atoms with Gasteiger partial charge in [0.05, 0.1) is 24.4 Å². The summed E-state index contributed by atoms with van der Waals surface area (Å²) in [5.41, 5.74) is -1.86. The van der Waals surface area contributed by atoms with Gasteiger partial charge in [-0.2, -0.15) is 5.26 Å². The first-order valence-corrected chi connectivity index (χ1v) is 6.47. The number of hydrogen-bond donors (Lipinski definition) is 2. The molecule has 2 bridgehead atoms. The predicted octanol–water partition coefficient (Wildman–Crippen LogP) is 1.17. The number of fused-ring (bicyclic) bond motifs is 2. The molecule has 6 heteroatoms. The normalized spacial score (nSPS) is 32.7. The van der Waals surface area contributed by atoms with E-state index in [1.807, 2.05) is 0 Å². The summed E-state index contributed by atoms with van der Waals surface area (Å²) in [5.74, 6) is -1.55. The minimum Gasteiger partial charge on any atom is -0.385 e. The molecule has 2 saturated heterocycles. The molecule has 2 aliphatic heterocycles. The molecule has 0 aliphatic carbocycles. The van der Waals surface area contributed by atoms with E-state index in [4.69, 9.17) is 10.00 Å². The minimum absolute atomic E-state index is 0.0765. The third-order valence-corrected chi connectivity index (χ3v) is 3.96. The van der Waals surface area contributed by atoms with E-state index in [-0.39, 0.29) is 36.1 Å². The Morgan fingerprint density at radius 1 is 1.25 bits per heavy atom. The molecule has 106 valence electrons. The van der Waals surface area contributed by atoms with E-state index in [9.17, 15) is 13.9 Å². The first kappa shape index (κ1) is 13.4. The van der Waals surface area contributed by atoms with Crippen LogP contribution in [0.1, 0.15) is 24.0 Å². The summed E-state index contributed by atoms with van der Waals surface area (Å²) < 4.78 is 33.2. The molecule has 0 aromatic heterocycles. The van der Waals surface area contributed by atoms with Crippen LogP contribution in [0.5, 0.6) is 0 Å². The average Bonchev–Trinajstić information content (AvgIpc) is 2.40. The number of aliphatic hydroxyl groups is 1. The summed E-state index contributed by atoms with van der Waals surface area (Å²) in [7, 11) is 0. The standard InChI is InChI=1S/C14H14F2N2O2/c15-12-2-11(13(16)1-8(12)5-17)14(19)3-9-6-20-7-10(4-14)18-9/h1-2,9-10,18-19H,3-4,6-7H2. The fourth-order valence-electron chi connectivity index (χ4n) is 3.13. The van der Waals surface area contributed by atoms with Crippen LogP contribution in [0, 0.1) is 23.0 Å². The van der Waals surface area contributed by atoms with Crippen LogP contribution < -0.4 is 5.32 Å². The number of benzene rings is 1. The summed E-state index contributed by atoms with van der Waals surface area (Å²) in [4.78, 5) is 0. The van der Waals surface area contributed by atoms with Crippen molar-refractivity contribution in [2.45, 2.75) is 30.5 Å². The van der Waals surface area contributed by atoms with Gasteiger partial charge in [-0.3, -0.25) is 0 Å². The van der Waals surface area contributed by atoms with Gasteiger partial charge in [0.25, 0.3) is 0 Å². The quantitative estimate of drug-likeness (QED) is 0.810. The second-order valence-electron chi connectivity index (χ2n) is 5.46. The highest BCUT2D eigenvalue weighted by Crippen LogP contribution is 2.38. The summed E-state index contributed by atoms with van der Waals surface area (Å²) in [6.45, 7) is 0.887. The molecule has 1 aromatic rings. The maximum absolute atomic E-state index is 14.1. The average molecular weight is 280 g/mol. The van der Waals surface area contributed by atoms with Crippen LogP contribution in [0.3, 0.4) is 0 Å². The molecule has 4 nitrogen and oxygen atoms in total. The van der Waals surface area contributed by atoms with Gasteiger partial charge in [0.15, 0.2) is 0 Å². The molecule has 3 rings (SSSR count). The number of rotatable bonds is 1. The van der Waals surface area contributed by atoms with Crippen LogP contribution in [0.4, 0.5) is 8.78 Å². The van der Waals surface area contributed by atoms with Crippen LogP contribution in [-0.2, 0) is 10.3 Å². The van der Waals surface area contributed by atoms with E-state index in [1.54, 1.807) is 6.07 Å². The molecule has 0 spiro atoms. The smallest absolute Gasteiger partial charge is 0.141 e. The molecule has 2 unspecified atom stereocenters. The number of nitrogens with zero attached hydrogens (tertiary/aromatic N) is 1. The highest BCUT2D eigenvalue weighted by Gasteiger charge is 2.44. The van der Waals surface area contributed by atoms with Gasteiger partial charge >= 0.3 is 0 Å². The van der Waals surface area contributed by atoms with E-state index >= 15 is 0 Å². The SMILES string of the molecule is N#Cc1cc(F)c(C2(O)CC3COCC(C2)N3)cc1F. The molecule has 0 amide bonds. The lowest BCUT2D eigenvalue weighted by atomic mass is 9.77. The van der Waals surface area contributed by atoms with Gasteiger partial charge in [-0.1, -0.05) is 0 Å². The number of hydrogen-bond acceptors (Lipinski definition) is 4. The molecular weight excluding hydrogens is 266 g/mol. The number of piperidine rings is 1. The van der Waals surface area contributed by atoms with Crippen molar-refractivity contribution in [2.75, 3.05) is 13.2 Å². The Bertz CT molecular complexity index is 573. The van der Waals surface area contributed by atoms with Crippen molar-refractivity contribution in [1.29, 1.82) is 5.26 Å². The van der Waals surface area contributed by atoms with Crippen molar-refractivity contribution in [2.24, 2.45) is 0 Å². The second kappa shape index (κ2) is 4.77. The number of nitrogens with one attached hydrogen (secondary N) is 1. The van der Waals surface area contributed by atoms with Gasteiger partial charge in [0.1, 0.15) is 17.7 Å². The Kier molecular flexibility index (Phi) is 3.21. The van der Waals surface area contributed by atoms with Crippen LogP contribution in [0.25, 0.3) is 0 Å². The second-order valence-corrected chi connectivity index (χ2v) is 5.46. The molecule has 2 aliphatic rings. The van der Waals surface area contributed by atoms with Crippen LogP contribution in [0.15, 0.2) is 12.1 Å². The summed E-state index contributed by atoms with van der Waals surface area (Å²) in [6, 6.07) is 3.22. The lowest BCUT2D eigenvalue weighted by Crippen LogP contribution is -2.58. The molecule has 0 saturated carbocycles. The number of halogens is 2. The maximum Gasteiger partial charge on any atom is 0.141 e. The lowest BCUT2D eigenvalue weighted by molar-refractivity contribution is -0.0819. The van der Waals surface area contributed by atoms with Gasteiger partial charge < -0.3 is 15.2 Å². The van der Waals surface area contributed by atoms with Crippen molar-refractivity contribution in [3.05, 3.63) is 34.9 Å². The largest absolute Gasteiger partial charge is 0.385 e. The number of nitriles is 1. The third kappa shape index (κ3) is 2.18. The van der Waals surface area contributed by atoms with Crippen molar-refractivity contribution < 1.29 is 18.6 Å². The van der Waals surface area contributed by atoms with Crippen molar-refractivity contribution in [3.63, 3.8) is 0 Å². The zero-order valence-electron chi connectivity index (χ0n) is 10.7. The third-order valence-electron chi connectivity index (χ3n) is 3.96. The topological polar surface area (TPSA) is 65.3 Å². The van der Waals surface area contributed by atoms with Gasteiger partial charge in [0.2, 0.25) is 0 Å². The molecule has 2 atom stereocenters. The van der Waals surface area contributed by atoms with Crippen molar-refractivity contribution >= 4 is 0 Å². The van der Waals surface area contributed by atoms with Crippen LogP contribution in [0.2, 0.25) is 0 Å². The van der Waals surface area contributed by atoms with E-state index in [0.29, 0.717) is 13.2 Å². The lowest BCUT2D eigenvalue weighted by Gasteiger charge is -2.45. The van der Waals surface area contributed by atoms with Gasteiger partial charge in [-0.05, 0) is 25.0 Å². The zero-order valence-corrected chi connectivity index (χ0v) is 10.7. The maximum atomic E-state index is 14.1.